The number of benzene rings is 2. The predicted molar refractivity (Wildman–Crippen MR) is 95.5 cm³/mol. The molecule has 0 aliphatic carbocycles. The first-order valence-corrected chi connectivity index (χ1v) is 7.70. The Morgan fingerprint density at radius 2 is 1.36 bits per heavy atom. The average Bonchev–Trinajstić information content (AvgIpc) is 2.70. The first-order chi connectivity index (χ1) is 12.3. The lowest BCUT2D eigenvalue weighted by atomic mass is 10.0. The number of rotatable bonds is 5. The molecule has 0 spiro atoms. The number of ketones is 1. The molecule has 0 atom stereocenters. The number of amides is 1. The van der Waals surface area contributed by atoms with Crippen LogP contribution in [0.15, 0.2) is 90.2 Å². The largest absolute Gasteiger partial charge is 0.289 e. The van der Waals surface area contributed by atoms with Gasteiger partial charge in [-0.05, 0) is 12.1 Å². The summed E-state index contributed by atoms with van der Waals surface area (Å²) in [6.45, 7) is 0. The number of hydrogen-bond donors (Lipinski definition) is 1. The molecule has 5 nitrogen and oxygen atoms in total. The van der Waals surface area contributed by atoms with Gasteiger partial charge in [-0.2, -0.15) is 5.10 Å². The van der Waals surface area contributed by atoms with Gasteiger partial charge in [-0.15, -0.1) is 0 Å². The molecule has 5 heteroatoms. The summed E-state index contributed by atoms with van der Waals surface area (Å²) >= 11 is 0. The number of Topliss-reactive ketones (excluding diaryl/α,β-unsaturated/α-hetero) is 1. The Labute approximate surface area is 145 Å². The molecule has 2 aromatic carbocycles. The number of carbonyl (C=O) groups is 2. The summed E-state index contributed by atoms with van der Waals surface area (Å²) in [6.07, 6.45) is 1.52. The van der Waals surface area contributed by atoms with Crippen molar-refractivity contribution in [2.24, 2.45) is 5.10 Å². The summed E-state index contributed by atoms with van der Waals surface area (Å²) in [5, 5.41) is 4.07. The number of aromatic nitrogens is 1. The van der Waals surface area contributed by atoms with E-state index in [1.165, 1.54) is 6.20 Å². The van der Waals surface area contributed by atoms with E-state index >= 15 is 0 Å². The van der Waals surface area contributed by atoms with Crippen LogP contribution in [0.3, 0.4) is 0 Å². The first-order valence-electron chi connectivity index (χ1n) is 7.70. The lowest BCUT2D eigenvalue weighted by Gasteiger charge is -2.07. The van der Waals surface area contributed by atoms with Gasteiger partial charge in [0.1, 0.15) is 11.4 Å². The van der Waals surface area contributed by atoms with E-state index in [1.54, 1.807) is 54.6 Å². The minimum absolute atomic E-state index is 0.163. The van der Waals surface area contributed by atoms with Crippen molar-refractivity contribution in [3.8, 4) is 0 Å². The quantitative estimate of drug-likeness (QED) is 0.444. The number of carbonyl (C=O) groups excluding carboxylic acids is 2. The maximum atomic E-state index is 12.8. The second-order valence-electron chi connectivity index (χ2n) is 5.18. The minimum atomic E-state index is -0.477. The molecular formula is C20H15N3O2. The van der Waals surface area contributed by atoms with Gasteiger partial charge in [0, 0.05) is 17.3 Å². The van der Waals surface area contributed by atoms with Crippen LogP contribution in [0.4, 0.5) is 0 Å². The first kappa shape index (κ1) is 16.3. The smallest absolute Gasteiger partial charge is 0.287 e. The highest BCUT2D eigenvalue weighted by Crippen LogP contribution is 2.09. The van der Waals surface area contributed by atoms with Crippen LogP contribution < -0.4 is 5.43 Å². The fourth-order valence-corrected chi connectivity index (χ4v) is 2.23. The Morgan fingerprint density at radius 3 is 1.96 bits per heavy atom. The van der Waals surface area contributed by atoms with E-state index in [2.05, 4.69) is 15.5 Å². The van der Waals surface area contributed by atoms with Crippen LogP contribution >= 0.6 is 0 Å². The van der Waals surface area contributed by atoms with Gasteiger partial charge in [0.05, 0.1) is 0 Å². The second-order valence-corrected chi connectivity index (χ2v) is 5.18. The normalized spacial score (nSPS) is 11.0. The van der Waals surface area contributed by atoms with Gasteiger partial charge >= 0.3 is 0 Å². The molecule has 1 N–H and O–H groups in total. The average molecular weight is 329 g/mol. The van der Waals surface area contributed by atoms with Gasteiger partial charge in [-0.25, -0.2) is 5.43 Å². The van der Waals surface area contributed by atoms with E-state index in [-0.39, 0.29) is 17.2 Å². The van der Waals surface area contributed by atoms with Gasteiger partial charge in [-0.1, -0.05) is 66.7 Å². The molecule has 0 aliphatic rings. The van der Waals surface area contributed by atoms with Crippen LogP contribution in [-0.2, 0) is 0 Å². The highest BCUT2D eigenvalue weighted by atomic mass is 16.2. The Hall–Kier alpha value is -3.60. The molecule has 122 valence electrons. The molecule has 0 aliphatic heterocycles. The Kier molecular flexibility index (Phi) is 5.07. The van der Waals surface area contributed by atoms with Gasteiger partial charge in [0.25, 0.3) is 5.91 Å². The standard InChI is InChI=1S/C20H15N3O2/c24-19(16-11-5-2-6-12-16)18(15-9-3-1-4-10-15)22-23-20(25)17-13-7-8-14-21-17/h1-14H,(H,23,25). The van der Waals surface area contributed by atoms with Crippen LogP contribution in [0.5, 0.6) is 0 Å². The number of nitrogens with zero attached hydrogens (tertiary/aromatic N) is 2. The predicted octanol–water partition coefficient (Wildman–Crippen LogP) is 3.10. The zero-order valence-electron chi connectivity index (χ0n) is 13.3. The van der Waals surface area contributed by atoms with E-state index in [1.807, 2.05) is 24.3 Å². The summed E-state index contributed by atoms with van der Waals surface area (Å²) in [5.41, 5.74) is 3.92. The van der Waals surface area contributed by atoms with Crippen molar-refractivity contribution in [2.75, 3.05) is 0 Å². The number of pyridine rings is 1. The van der Waals surface area contributed by atoms with E-state index in [0.29, 0.717) is 11.1 Å². The van der Waals surface area contributed by atoms with Crippen molar-refractivity contribution in [3.05, 3.63) is 102 Å². The monoisotopic (exact) mass is 329 g/mol. The molecule has 0 saturated carbocycles. The van der Waals surface area contributed by atoms with Gasteiger partial charge in [-0.3, -0.25) is 14.6 Å². The van der Waals surface area contributed by atoms with Crippen molar-refractivity contribution in [1.29, 1.82) is 0 Å². The highest BCUT2D eigenvalue weighted by Gasteiger charge is 2.17. The molecule has 0 unspecified atom stereocenters. The molecule has 1 heterocycles. The Balaban J connectivity index is 1.92. The molecule has 0 radical (unpaired) electrons. The summed E-state index contributed by atoms with van der Waals surface area (Å²) in [6, 6.07) is 22.8. The van der Waals surface area contributed by atoms with Gasteiger partial charge in [0.15, 0.2) is 0 Å². The third kappa shape index (κ3) is 4.03. The van der Waals surface area contributed by atoms with E-state index in [4.69, 9.17) is 0 Å². The molecular weight excluding hydrogens is 314 g/mol. The number of hydrazone groups is 1. The van der Waals surface area contributed by atoms with Crippen molar-refractivity contribution >= 4 is 17.4 Å². The molecule has 0 bridgehead atoms. The molecule has 1 aromatic heterocycles. The summed E-state index contributed by atoms with van der Waals surface area (Å²) < 4.78 is 0. The van der Waals surface area contributed by atoms with Gasteiger partial charge < -0.3 is 0 Å². The fourth-order valence-electron chi connectivity index (χ4n) is 2.23. The van der Waals surface area contributed by atoms with E-state index < -0.39 is 5.91 Å². The van der Waals surface area contributed by atoms with Crippen LogP contribution in [0.25, 0.3) is 0 Å². The fraction of sp³-hybridized carbons (Fsp3) is 0. The van der Waals surface area contributed by atoms with Crippen LogP contribution in [-0.4, -0.2) is 22.4 Å². The zero-order valence-corrected chi connectivity index (χ0v) is 13.3. The SMILES string of the molecule is O=C(C(=NNC(=O)c1ccccn1)c1ccccc1)c1ccccc1. The summed E-state index contributed by atoms with van der Waals surface area (Å²) in [4.78, 5) is 28.9. The van der Waals surface area contributed by atoms with Crippen LogP contribution in [0.1, 0.15) is 26.4 Å². The molecule has 3 aromatic rings. The van der Waals surface area contributed by atoms with Gasteiger partial charge in [0.2, 0.25) is 5.78 Å². The number of hydrogen-bond acceptors (Lipinski definition) is 4. The van der Waals surface area contributed by atoms with Crippen molar-refractivity contribution in [3.63, 3.8) is 0 Å². The van der Waals surface area contributed by atoms with Crippen LogP contribution in [0, 0.1) is 0 Å². The van der Waals surface area contributed by atoms with Crippen LogP contribution in [0.2, 0.25) is 0 Å². The molecule has 25 heavy (non-hydrogen) atoms. The van der Waals surface area contributed by atoms with Crippen molar-refractivity contribution in [1.82, 2.24) is 10.4 Å². The van der Waals surface area contributed by atoms with Crippen molar-refractivity contribution < 1.29 is 9.59 Å². The minimum Gasteiger partial charge on any atom is -0.287 e. The maximum Gasteiger partial charge on any atom is 0.289 e. The lowest BCUT2D eigenvalue weighted by molar-refractivity contribution is 0.0950. The van der Waals surface area contributed by atoms with E-state index in [9.17, 15) is 9.59 Å². The van der Waals surface area contributed by atoms with E-state index in [0.717, 1.165) is 0 Å². The maximum absolute atomic E-state index is 12.8. The molecule has 0 fully saturated rings. The zero-order chi connectivity index (χ0) is 17.5. The summed E-state index contributed by atoms with van der Waals surface area (Å²) in [7, 11) is 0. The molecule has 0 saturated heterocycles. The number of nitrogens with one attached hydrogen (secondary N) is 1. The molecule has 1 amide bonds. The lowest BCUT2D eigenvalue weighted by Crippen LogP contribution is -2.25. The van der Waals surface area contributed by atoms with Crippen molar-refractivity contribution in [2.45, 2.75) is 0 Å². The Bertz CT molecular complexity index is 892. The highest BCUT2D eigenvalue weighted by molar-refractivity contribution is 6.51. The second kappa shape index (κ2) is 7.79. The third-order valence-electron chi connectivity index (χ3n) is 3.47. The molecule has 3 rings (SSSR count). The summed E-state index contributed by atoms with van der Waals surface area (Å²) in [5.74, 6) is -0.747. The Morgan fingerprint density at radius 1 is 0.760 bits per heavy atom. The topological polar surface area (TPSA) is 71.4 Å². The third-order valence-corrected chi connectivity index (χ3v) is 3.47.